The van der Waals surface area contributed by atoms with Crippen LogP contribution < -0.4 is 0 Å². The first-order valence-corrected chi connectivity index (χ1v) is 13.9. The number of carbonyl (C=O) groups is 1. The molecule has 2 heterocycles. The van der Waals surface area contributed by atoms with Crippen LogP contribution in [0.25, 0.3) is 0 Å². The molecule has 2 bridgehead atoms. The van der Waals surface area contributed by atoms with Gasteiger partial charge in [-0.05, 0) is 55.8 Å². The minimum atomic E-state index is -1.70. The summed E-state index contributed by atoms with van der Waals surface area (Å²) in [7, 11) is -1.70. The van der Waals surface area contributed by atoms with Crippen LogP contribution in [0.3, 0.4) is 0 Å². The first-order chi connectivity index (χ1) is 13.7. The van der Waals surface area contributed by atoms with E-state index in [0.29, 0.717) is 6.61 Å². The highest BCUT2D eigenvalue weighted by Crippen LogP contribution is 2.38. The van der Waals surface area contributed by atoms with Crippen LogP contribution >= 0.6 is 0 Å². The molecule has 2 aliphatic rings. The molecule has 1 fully saturated rings. The number of hydrogen-bond acceptors (Lipinski definition) is 3. The van der Waals surface area contributed by atoms with Crippen LogP contribution in [-0.4, -0.2) is 38.0 Å². The van der Waals surface area contributed by atoms with Crippen molar-refractivity contribution in [2.24, 2.45) is 0 Å². The van der Waals surface area contributed by atoms with E-state index in [4.69, 9.17) is 9.16 Å². The molecule has 0 spiro atoms. The van der Waals surface area contributed by atoms with Gasteiger partial charge >= 0.3 is 6.09 Å². The Hall–Kier alpha value is -1.59. The summed E-state index contributed by atoms with van der Waals surface area (Å²) in [6.07, 6.45) is 7.36. The summed E-state index contributed by atoms with van der Waals surface area (Å²) in [6.45, 7) is 12.6. The molecular formula is C24H37NO3Si. The standard InChI is InChI=1S/C24H37NO3Si/c1-24(2,3)29(4,5)28-15-14-20-16-21-12-9-13-22(17-20)25(21)23(26)27-18-19-10-7-6-8-11-19/h6-8,10-11,16,21-22H,9,12-15,17-18H2,1-5H3. The maximum Gasteiger partial charge on any atom is 0.410 e. The number of piperidine rings is 1. The van der Waals surface area contributed by atoms with Gasteiger partial charge in [-0.15, -0.1) is 0 Å². The van der Waals surface area contributed by atoms with Gasteiger partial charge in [0.15, 0.2) is 8.32 Å². The van der Waals surface area contributed by atoms with Gasteiger partial charge in [0.2, 0.25) is 0 Å². The van der Waals surface area contributed by atoms with Gasteiger partial charge in [-0.2, -0.15) is 0 Å². The normalized spacial score (nSPS) is 22.2. The number of ether oxygens (including phenoxy) is 1. The summed E-state index contributed by atoms with van der Waals surface area (Å²) in [4.78, 5) is 14.8. The zero-order chi connectivity index (χ0) is 21.1. The molecule has 3 rings (SSSR count). The van der Waals surface area contributed by atoms with E-state index in [-0.39, 0.29) is 23.2 Å². The zero-order valence-corrected chi connectivity index (χ0v) is 19.7. The summed E-state index contributed by atoms with van der Waals surface area (Å²) >= 11 is 0. The Balaban J connectivity index is 1.57. The van der Waals surface area contributed by atoms with Crippen molar-refractivity contribution in [1.29, 1.82) is 0 Å². The number of hydrogen-bond donors (Lipinski definition) is 0. The van der Waals surface area contributed by atoms with Gasteiger partial charge in [0.1, 0.15) is 6.61 Å². The van der Waals surface area contributed by atoms with Gasteiger partial charge in [0.05, 0.1) is 6.04 Å². The number of nitrogens with zero attached hydrogens (tertiary/aromatic N) is 1. The Labute approximate surface area is 177 Å². The number of amides is 1. The van der Waals surface area contributed by atoms with Gasteiger partial charge in [0.25, 0.3) is 0 Å². The fourth-order valence-electron chi connectivity index (χ4n) is 4.04. The van der Waals surface area contributed by atoms with Crippen LogP contribution in [0, 0.1) is 0 Å². The third-order valence-corrected chi connectivity index (χ3v) is 11.4. The Morgan fingerprint density at radius 2 is 1.90 bits per heavy atom. The molecule has 29 heavy (non-hydrogen) atoms. The second-order valence-corrected chi connectivity index (χ2v) is 14.8. The molecule has 5 heteroatoms. The summed E-state index contributed by atoms with van der Waals surface area (Å²) in [6, 6.07) is 10.3. The Morgan fingerprint density at radius 3 is 2.55 bits per heavy atom. The Morgan fingerprint density at radius 1 is 1.17 bits per heavy atom. The van der Waals surface area contributed by atoms with Crippen LogP contribution in [0.1, 0.15) is 58.4 Å². The average Bonchev–Trinajstić information content (AvgIpc) is 2.65. The summed E-state index contributed by atoms with van der Waals surface area (Å²) in [5.74, 6) is 0. The summed E-state index contributed by atoms with van der Waals surface area (Å²) < 4.78 is 12.0. The highest BCUT2D eigenvalue weighted by molar-refractivity contribution is 6.74. The van der Waals surface area contributed by atoms with Gasteiger partial charge < -0.3 is 9.16 Å². The summed E-state index contributed by atoms with van der Waals surface area (Å²) in [5, 5.41) is 0.240. The monoisotopic (exact) mass is 415 g/mol. The highest BCUT2D eigenvalue weighted by Gasteiger charge is 2.39. The predicted molar refractivity (Wildman–Crippen MR) is 120 cm³/mol. The van der Waals surface area contributed by atoms with Gasteiger partial charge in [0, 0.05) is 12.6 Å². The smallest absolute Gasteiger partial charge is 0.410 e. The molecule has 0 N–H and O–H groups in total. The fourth-order valence-corrected chi connectivity index (χ4v) is 5.08. The fraction of sp³-hybridized carbons (Fsp3) is 0.625. The first-order valence-electron chi connectivity index (χ1n) is 11.0. The molecule has 0 aliphatic carbocycles. The topological polar surface area (TPSA) is 38.8 Å². The van der Waals surface area contributed by atoms with Crippen LogP contribution in [0.4, 0.5) is 4.79 Å². The third kappa shape index (κ3) is 5.52. The lowest BCUT2D eigenvalue weighted by molar-refractivity contribution is 0.0477. The van der Waals surface area contributed by atoms with E-state index in [1.165, 1.54) is 12.0 Å². The van der Waals surface area contributed by atoms with Gasteiger partial charge in [-0.25, -0.2) is 4.79 Å². The van der Waals surface area contributed by atoms with Crippen molar-refractivity contribution < 1.29 is 14.0 Å². The number of carbonyl (C=O) groups excluding carboxylic acids is 1. The molecule has 1 aromatic rings. The van der Waals surface area contributed by atoms with Crippen molar-refractivity contribution in [2.75, 3.05) is 6.61 Å². The molecular weight excluding hydrogens is 378 g/mol. The molecule has 0 saturated carbocycles. The Bertz CT molecular complexity index is 723. The molecule has 1 amide bonds. The maximum absolute atomic E-state index is 12.8. The van der Waals surface area contributed by atoms with Gasteiger partial charge in [-0.3, -0.25) is 4.90 Å². The zero-order valence-electron chi connectivity index (χ0n) is 18.7. The molecule has 1 aromatic carbocycles. The van der Waals surface area contributed by atoms with E-state index in [0.717, 1.165) is 37.9 Å². The third-order valence-electron chi connectivity index (χ3n) is 6.82. The van der Waals surface area contributed by atoms with Crippen molar-refractivity contribution >= 4 is 14.4 Å². The number of rotatable bonds is 6. The quantitative estimate of drug-likeness (QED) is 0.405. The highest BCUT2D eigenvalue weighted by atomic mass is 28.4. The average molecular weight is 416 g/mol. The van der Waals surface area contributed by atoms with Crippen LogP contribution in [0.5, 0.6) is 0 Å². The molecule has 2 aliphatic heterocycles. The molecule has 160 valence electrons. The lowest BCUT2D eigenvalue weighted by atomic mass is 9.84. The molecule has 4 nitrogen and oxygen atoms in total. The van der Waals surface area contributed by atoms with Crippen molar-refractivity contribution in [2.45, 2.75) is 89.7 Å². The van der Waals surface area contributed by atoms with E-state index in [1.807, 2.05) is 35.2 Å². The van der Waals surface area contributed by atoms with Crippen molar-refractivity contribution in [1.82, 2.24) is 4.90 Å². The van der Waals surface area contributed by atoms with Gasteiger partial charge in [-0.1, -0.05) is 62.8 Å². The summed E-state index contributed by atoms with van der Waals surface area (Å²) in [5.41, 5.74) is 2.48. The molecule has 0 radical (unpaired) electrons. The number of fused-ring (bicyclic) bond motifs is 2. The van der Waals surface area contributed by atoms with E-state index in [9.17, 15) is 4.79 Å². The van der Waals surface area contributed by atoms with Crippen LogP contribution in [0.15, 0.2) is 42.0 Å². The van der Waals surface area contributed by atoms with E-state index >= 15 is 0 Å². The lowest BCUT2D eigenvalue weighted by Crippen LogP contribution is -2.52. The minimum absolute atomic E-state index is 0.170. The van der Waals surface area contributed by atoms with Crippen LogP contribution in [-0.2, 0) is 15.8 Å². The molecule has 0 aromatic heterocycles. The molecule has 2 unspecified atom stereocenters. The van der Waals surface area contributed by atoms with Crippen LogP contribution in [0.2, 0.25) is 18.1 Å². The first kappa shape index (κ1) is 22.1. The SMILES string of the molecule is CC(C)(C)[Si](C)(C)OCCC1=CC2CCCC(C1)N2C(=O)OCc1ccccc1. The molecule has 2 atom stereocenters. The van der Waals surface area contributed by atoms with E-state index in [1.54, 1.807) is 0 Å². The predicted octanol–water partition coefficient (Wildman–Crippen LogP) is 6.29. The minimum Gasteiger partial charge on any atom is -0.445 e. The number of benzene rings is 1. The Kier molecular flexibility index (Phi) is 6.89. The van der Waals surface area contributed by atoms with Crippen molar-refractivity contribution in [3.63, 3.8) is 0 Å². The maximum atomic E-state index is 12.8. The van der Waals surface area contributed by atoms with Crippen molar-refractivity contribution in [3.05, 3.63) is 47.5 Å². The van der Waals surface area contributed by atoms with E-state index in [2.05, 4.69) is 39.9 Å². The largest absolute Gasteiger partial charge is 0.445 e. The lowest BCUT2D eigenvalue weighted by Gasteiger charge is -2.44. The molecule has 1 saturated heterocycles. The van der Waals surface area contributed by atoms with E-state index < -0.39 is 8.32 Å². The second-order valence-electron chi connectivity index (χ2n) is 9.99. The second kappa shape index (κ2) is 9.05. The van der Waals surface area contributed by atoms with Crippen molar-refractivity contribution in [3.8, 4) is 0 Å².